The molecule has 3 heterocycles. The third kappa shape index (κ3) is 1.80. The van der Waals surface area contributed by atoms with Crippen LogP contribution in [0.1, 0.15) is 11.3 Å². The van der Waals surface area contributed by atoms with Gasteiger partial charge in [-0.15, -0.1) is 0 Å². The highest BCUT2D eigenvalue weighted by Crippen LogP contribution is 2.14. The summed E-state index contributed by atoms with van der Waals surface area (Å²) in [6.45, 7) is 1.52. The van der Waals surface area contributed by atoms with Crippen LogP contribution >= 0.6 is 0 Å². The van der Waals surface area contributed by atoms with Crippen molar-refractivity contribution in [3.05, 3.63) is 52.1 Å². The lowest BCUT2D eigenvalue weighted by Crippen LogP contribution is -2.27. The molecule has 0 unspecified atom stereocenters. The summed E-state index contributed by atoms with van der Waals surface area (Å²) >= 11 is 0. The molecule has 106 valence electrons. The van der Waals surface area contributed by atoms with Gasteiger partial charge in [0, 0.05) is 32.3 Å². The molecule has 0 amide bonds. The number of nitrogens with zero attached hydrogens (tertiary/aromatic N) is 4. The van der Waals surface area contributed by atoms with Gasteiger partial charge in [-0.1, -0.05) is 12.1 Å². The van der Waals surface area contributed by atoms with Gasteiger partial charge in [0.15, 0.2) is 5.82 Å². The summed E-state index contributed by atoms with van der Waals surface area (Å²) < 4.78 is 3.51. The molecule has 4 rings (SSSR count). The fourth-order valence-electron chi connectivity index (χ4n) is 2.92. The number of hydrogen-bond donors (Lipinski definition) is 1. The van der Waals surface area contributed by atoms with Crippen molar-refractivity contribution in [3.63, 3.8) is 0 Å². The molecular formula is C15H15N5O. The van der Waals surface area contributed by atoms with Crippen molar-refractivity contribution in [3.8, 4) is 5.82 Å². The minimum absolute atomic E-state index is 0.00992. The van der Waals surface area contributed by atoms with Crippen LogP contribution in [0.4, 0.5) is 0 Å². The Hall–Kier alpha value is -2.47. The molecule has 0 saturated heterocycles. The number of fused-ring (bicyclic) bond motifs is 2. The molecule has 3 aromatic rings. The lowest BCUT2D eigenvalue weighted by molar-refractivity contribution is 0.574. The van der Waals surface area contributed by atoms with Crippen molar-refractivity contribution in [2.75, 3.05) is 6.54 Å². The molecule has 0 atom stereocenters. The molecule has 21 heavy (non-hydrogen) atoms. The van der Waals surface area contributed by atoms with Crippen LogP contribution < -0.4 is 10.9 Å². The highest BCUT2D eigenvalue weighted by Gasteiger charge is 2.21. The van der Waals surface area contributed by atoms with E-state index in [1.807, 2.05) is 36.0 Å². The average molecular weight is 281 g/mol. The van der Waals surface area contributed by atoms with Crippen LogP contribution in [0.3, 0.4) is 0 Å². The first-order valence-electron chi connectivity index (χ1n) is 6.98. The molecule has 0 radical (unpaired) electrons. The largest absolute Gasteiger partial charge is 0.312 e. The molecule has 6 heteroatoms. The first kappa shape index (κ1) is 12.3. The summed E-state index contributed by atoms with van der Waals surface area (Å²) in [6.07, 6.45) is 2.51. The Balaban J connectivity index is 1.96. The van der Waals surface area contributed by atoms with Gasteiger partial charge in [-0.3, -0.25) is 14.5 Å². The number of nitrogens with one attached hydrogen (secondary N) is 1. The number of para-hydroxylation sites is 2. The van der Waals surface area contributed by atoms with E-state index < -0.39 is 0 Å². The Labute approximate surface area is 121 Å². The summed E-state index contributed by atoms with van der Waals surface area (Å²) in [6, 6.07) is 7.66. The Kier molecular flexibility index (Phi) is 2.65. The van der Waals surface area contributed by atoms with Crippen molar-refractivity contribution >= 4 is 11.0 Å². The molecule has 1 aliphatic heterocycles. The number of aromatic nitrogens is 4. The zero-order chi connectivity index (χ0) is 14.4. The summed E-state index contributed by atoms with van der Waals surface area (Å²) in [5.41, 5.74) is 3.52. The maximum atomic E-state index is 12.6. The van der Waals surface area contributed by atoms with Crippen molar-refractivity contribution in [1.82, 2.24) is 24.6 Å². The first-order chi connectivity index (χ1) is 10.3. The van der Waals surface area contributed by atoms with Gasteiger partial charge in [-0.05, 0) is 12.1 Å². The van der Waals surface area contributed by atoms with Gasteiger partial charge >= 0.3 is 0 Å². The lowest BCUT2D eigenvalue weighted by Gasteiger charge is -2.13. The normalized spacial score (nSPS) is 14.3. The quantitative estimate of drug-likeness (QED) is 0.715. The number of hydrogen-bond acceptors (Lipinski definition) is 4. The molecule has 2 aromatic heterocycles. The third-order valence-corrected chi connectivity index (χ3v) is 3.98. The second-order valence-corrected chi connectivity index (χ2v) is 5.21. The van der Waals surface area contributed by atoms with E-state index >= 15 is 0 Å². The van der Waals surface area contributed by atoms with Crippen LogP contribution in [-0.2, 0) is 20.0 Å². The van der Waals surface area contributed by atoms with E-state index in [2.05, 4.69) is 15.3 Å². The van der Waals surface area contributed by atoms with E-state index in [0.717, 1.165) is 35.3 Å². The van der Waals surface area contributed by atoms with E-state index in [1.54, 1.807) is 10.9 Å². The van der Waals surface area contributed by atoms with E-state index in [4.69, 9.17) is 0 Å². The molecule has 1 N–H and O–H groups in total. The van der Waals surface area contributed by atoms with Gasteiger partial charge in [-0.2, -0.15) is 4.68 Å². The van der Waals surface area contributed by atoms with Gasteiger partial charge in [0.25, 0.3) is 5.56 Å². The van der Waals surface area contributed by atoms with E-state index in [0.29, 0.717) is 12.4 Å². The maximum absolute atomic E-state index is 12.6. The Morgan fingerprint density at radius 2 is 2.05 bits per heavy atom. The second kappa shape index (κ2) is 4.53. The summed E-state index contributed by atoms with van der Waals surface area (Å²) in [4.78, 5) is 21.6. The SMILES string of the molecule is Cn1c2c(c(=O)n1-c1cnc3ccccc3n1)CNCC2. The summed E-state index contributed by atoms with van der Waals surface area (Å²) in [5.74, 6) is 0.565. The predicted molar refractivity (Wildman–Crippen MR) is 79.5 cm³/mol. The highest BCUT2D eigenvalue weighted by atomic mass is 16.1. The standard InChI is InChI=1S/C15H15N5O/c1-19-13-6-7-16-8-10(13)15(21)20(19)14-9-17-11-4-2-3-5-12(11)18-14/h2-5,9,16H,6-8H2,1H3. The second-order valence-electron chi connectivity index (χ2n) is 5.21. The number of benzene rings is 1. The fraction of sp³-hybridized carbons (Fsp3) is 0.267. The molecule has 6 nitrogen and oxygen atoms in total. The van der Waals surface area contributed by atoms with Crippen LogP contribution in [0, 0.1) is 0 Å². The molecule has 0 bridgehead atoms. The Bertz CT molecular complexity index is 893. The van der Waals surface area contributed by atoms with Crippen molar-refractivity contribution in [2.45, 2.75) is 13.0 Å². The van der Waals surface area contributed by atoms with Gasteiger partial charge in [0.05, 0.1) is 22.8 Å². The van der Waals surface area contributed by atoms with E-state index in [1.165, 1.54) is 0 Å². The molecular weight excluding hydrogens is 266 g/mol. The topological polar surface area (TPSA) is 64.7 Å². The minimum atomic E-state index is -0.00992. The highest BCUT2D eigenvalue weighted by molar-refractivity contribution is 5.74. The molecule has 0 fully saturated rings. The monoisotopic (exact) mass is 281 g/mol. The summed E-state index contributed by atoms with van der Waals surface area (Å²) in [5, 5.41) is 3.24. The maximum Gasteiger partial charge on any atom is 0.277 e. The van der Waals surface area contributed by atoms with Gasteiger partial charge < -0.3 is 5.32 Å². The van der Waals surface area contributed by atoms with Crippen LogP contribution in [-0.4, -0.2) is 25.9 Å². The predicted octanol–water partition coefficient (Wildman–Crippen LogP) is 0.765. The zero-order valence-corrected chi connectivity index (χ0v) is 11.7. The van der Waals surface area contributed by atoms with Crippen LogP contribution in [0.2, 0.25) is 0 Å². The number of rotatable bonds is 1. The van der Waals surface area contributed by atoms with Crippen molar-refractivity contribution < 1.29 is 0 Å². The first-order valence-corrected chi connectivity index (χ1v) is 6.98. The zero-order valence-electron chi connectivity index (χ0n) is 11.7. The Morgan fingerprint density at radius 3 is 2.86 bits per heavy atom. The minimum Gasteiger partial charge on any atom is -0.312 e. The molecule has 0 spiro atoms. The average Bonchev–Trinajstić information content (AvgIpc) is 2.79. The van der Waals surface area contributed by atoms with E-state index in [9.17, 15) is 4.79 Å². The van der Waals surface area contributed by atoms with Gasteiger partial charge in [0.1, 0.15) is 0 Å². The third-order valence-electron chi connectivity index (χ3n) is 3.98. The van der Waals surface area contributed by atoms with Crippen molar-refractivity contribution in [1.29, 1.82) is 0 Å². The van der Waals surface area contributed by atoms with Crippen molar-refractivity contribution in [2.24, 2.45) is 7.05 Å². The van der Waals surface area contributed by atoms with E-state index in [-0.39, 0.29) is 5.56 Å². The lowest BCUT2D eigenvalue weighted by atomic mass is 10.1. The van der Waals surface area contributed by atoms with Gasteiger partial charge in [0.2, 0.25) is 0 Å². The van der Waals surface area contributed by atoms with Gasteiger partial charge in [-0.25, -0.2) is 4.98 Å². The van der Waals surface area contributed by atoms with Crippen LogP contribution in [0.5, 0.6) is 0 Å². The van der Waals surface area contributed by atoms with Crippen LogP contribution in [0.15, 0.2) is 35.3 Å². The molecule has 0 aliphatic carbocycles. The molecule has 1 aromatic carbocycles. The molecule has 1 aliphatic rings. The fourth-order valence-corrected chi connectivity index (χ4v) is 2.92. The Morgan fingerprint density at radius 1 is 1.24 bits per heavy atom. The smallest absolute Gasteiger partial charge is 0.277 e. The van der Waals surface area contributed by atoms with Crippen LogP contribution in [0.25, 0.3) is 16.9 Å². The molecule has 0 saturated carbocycles. The summed E-state index contributed by atoms with van der Waals surface area (Å²) in [7, 11) is 1.91.